The lowest BCUT2D eigenvalue weighted by atomic mass is 10.1. The van der Waals surface area contributed by atoms with Crippen LogP contribution in [0.25, 0.3) is 11.4 Å². The number of nitrogens with zero attached hydrogens (tertiary/aromatic N) is 2. The Morgan fingerprint density at radius 1 is 1.28 bits per heavy atom. The number of aliphatic hydroxyl groups is 1. The predicted octanol–water partition coefficient (Wildman–Crippen LogP) is 0.770. The molecule has 2 heterocycles. The highest BCUT2D eigenvalue weighted by atomic mass is 16.5. The molecule has 0 saturated carbocycles. The molecule has 1 aliphatic heterocycles. The zero-order valence-corrected chi connectivity index (χ0v) is 16.5. The van der Waals surface area contributed by atoms with Crippen LogP contribution in [0, 0.1) is 0 Å². The second-order valence-corrected chi connectivity index (χ2v) is 6.83. The summed E-state index contributed by atoms with van der Waals surface area (Å²) in [6, 6.07) is 12.0. The van der Waals surface area contributed by atoms with Crippen molar-refractivity contribution in [2.24, 2.45) is 0 Å². The van der Waals surface area contributed by atoms with Gasteiger partial charge in [0.15, 0.2) is 18.0 Å². The lowest BCUT2D eigenvalue weighted by Gasteiger charge is -2.34. The average molecular weight is 443 g/mol. The standard InChI is InChI=1S/C21H20N4O7/c1-30-15-8-6-14(7-9-15)25-10-11-31-17(20(25)28)16(26)19(27)22-13-4-2-12(3-5-13)18-23-21(29)32-24-18/h2-9,16-17,26H,10-11H2,1H3,(H,22,27)(H,23,24,29)/t16-,17-/m1/s1/i1D3. The number of aromatic nitrogens is 2. The smallest absolute Gasteiger partial charge is 0.439 e. The Labute approximate surface area is 185 Å². The molecule has 0 unspecified atom stereocenters. The van der Waals surface area contributed by atoms with Gasteiger partial charge in [0.25, 0.3) is 11.8 Å². The summed E-state index contributed by atoms with van der Waals surface area (Å²) >= 11 is 0. The first-order valence-corrected chi connectivity index (χ1v) is 9.48. The number of carbonyl (C=O) groups excluding carboxylic acids is 2. The number of nitrogens with one attached hydrogen (secondary N) is 2. The van der Waals surface area contributed by atoms with Crippen LogP contribution in [0.4, 0.5) is 11.4 Å². The number of amides is 2. The fourth-order valence-corrected chi connectivity index (χ4v) is 3.20. The normalized spacial score (nSPS) is 18.9. The molecule has 1 fully saturated rings. The molecule has 0 radical (unpaired) electrons. The zero-order valence-electron chi connectivity index (χ0n) is 19.5. The fraction of sp³-hybridized carbons (Fsp3) is 0.238. The van der Waals surface area contributed by atoms with Crippen LogP contribution < -0.4 is 20.7 Å². The van der Waals surface area contributed by atoms with Crippen LogP contribution in [0.5, 0.6) is 5.75 Å². The number of hydrogen-bond acceptors (Lipinski definition) is 8. The van der Waals surface area contributed by atoms with E-state index in [9.17, 15) is 19.5 Å². The molecule has 166 valence electrons. The van der Waals surface area contributed by atoms with Gasteiger partial charge < -0.3 is 24.8 Å². The van der Waals surface area contributed by atoms with Crippen LogP contribution in [-0.2, 0) is 14.3 Å². The Morgan fingerprint density at radius 2 is 2.03 bits per heavy atom. The van der Waals surface area contributed by atoms with Crippen molar-refractivity contribution in [3.8, 4) is 17.1 Å². The highest BCUT2D eigenvalue weighted by molar-refractivity contribution is 6.03. The number of benzene rings is 2. The Bertz CT molecular complexity index is 1260. The van der Waals surface area contributed by atoms with E-state index >= 15 is 0 Å². The van der Waals surface area contributed by atoms with Crippen molar-refractivity contribution in [1.82, 2.24) is 10.1 Å². The number of rotatable bonds is 6. The molecule has 1 aromatic heterocycles. The predicted molar refractivity (Wildman–Crippen MR) is 112 cm³/mol. The van der Waals surface area contributed by atoms with Gasteiger partial charge in [-0.2, -0.15) is 0 Å². The first-order chi connectivity index (χ1) is 16.6. The number of carbonyl (C=O) groups is 2. The van der Waals surface area contributed by atoms with Crippen molar-refractivity contribution >= 4 is 23.2 Å². The monoisotopic (exact) mass is 443 g/mol. The molecule has 2 aromatic carbocycles. The maximum Gasteiger partial charge on any atom is 0.439 e. The van der Waals surface area contributed by atoms with Gasteiger partial charge in [0, 0.05) is 23.5 Å². The molecule has 0 spiro atoms. The minimum atomic E-state index is -2.60. The van der Waals surface area contributed by atoms with E-state index in [2.05, 4.69) is 20.0 Å². The highest BCUT2D eigenvalue weighted by Gasteiger charge is 2.39. The van der Waals surface area contributed by atoms with E-state index in [1.807, 2.05) is 0 Å². The number of H-pyrrole nitrogens is 1. The molecule has 32 heavy (non-hydrogen) atoms. The summed E-state index contributed by atoms with van der Waals surface area (Å²) in [5.74, 6) is -1.87. The van der Waals surface area contributed by atoms with Crippen molar-refractivity contribution in [1.29, 1.82) is 0 Å². The van der Waals surface area contributed by atoms with Gasteiger partial charge >= 0.3 is 5.76 Å². The van der Waals surface area contributed by atoms with E-state index in [1.165, 1.54) is 41.3 Å². The number of methoxy groups -OCH3 is 1. The van der Waals surface area contributed by atoms with Crippen molar-refractivity contribution < 1.29 is 32.8 Å². The van der Waals surface area contributed by atoms with Crippen LogP contribution in [0.1, 0.15) is 4.11 Å². The third-order valence-corrected chi connectivity index (χ3v) is 4.81. The van der Waals surface area contributed by atoms with Crippen LogP contribution in [0.3, 0.4) is 0 Å². The van der Waals surface area contributed by atoms with E-state index in [4.69, 9.17) is 13.6 Å². The Hall–Kier alpha value is -3.96. The number of hydrogen-bond donors (Lipinski definition) is 3. The maximum atomic E-state index is 12.9. The molecule has 0 bridgehead atoms. The minimum Gasteiger partial charge on any atom is -0.497 e. The molecular formula is C21H20N4O7. The van der Waals surface area contributed by atoms with Crippen molar-refractivity contribution in [3.05, 3.63) is 59.1 Å². The molecule has 2 atom stereocenters. The van der Waals surface area contributed by atoms with Gasteiger partial charge in [-0.3, -0.25) is 19.1 Å². The molecule has 11 heteroatoms. The Kier molecular flexibility index (Phi) is 5.00. The largest absolute Gasteiger partial charge is 0.497 e. The van der Waals surface area contributed by atoms with E-state index in [0.29, 0.717) is 16.9 Å². The van der Waals surface area contributed by atoms with Crippen molar-refractivity contribution in [2.75, 3.05) is 30.4 Å². The second-order valence-electron chi connectivity index (χ2n) is 6.83. The van der Waals surface area contributed by atoms with Gasteiger partial charge in [0.05, 0.1) is 17.8 Å². The molecule has 3 N–H and O–H groups in total. The van der Waals surface area contributed by atoms with E-state index in [-0.39, 0.29) is 24.7 Å². The van der Waals surface area contributed by atoms with Gasteiger partial charge in [-0.15, -0.1) is 0 Å². The Balaban J connectivity index is 1.40. The summed E-state index contributed by atoms with van der Waals surface area (Å²) in [5, 5.41) is 16.6. The maximum absolute atomic E-state index is 12.9. The van der Waals surface area contributed by atoms with Gasteiger partial charge in [0.1, 0.15) is 5.75 Å². The Morgan fingerprint density at radius 3 is 2.69 bits per heavy atom. The van der Waals surface area contributed by atoms with Crippen molar-refractivity contribution in [2.45, 2.75) is 12.2 Å². The number of morpholine rings is 1. The van der Waals surface area contributed by atoms with Crippen LogP contribution >= 0.6 is 0 Å². The van der Waals surface area contributed by atoms with Gasteiger partial charge in [-0.05, 0) is 48.5 Å². The van der Waals surface area contributed by atoms with Crippen molar-refractivity contribution in [3.63, 3.8) is 0 Å². The number of ether oxygens (including phenoxy) is 2. The molecule has 1 aliphatic rings. The summed E-state index contributed by atoms with van der Waals surface area (Å²) in [6.07, 6.45) is -3.24. The third kappa shape index (κ3) is 4.38. The molecule has 0 aliphatic carbocycles. The second kappa shape index (κ2) is 9.04. The molecule has 3 aromatic rings. The first kappa shape index (κ1) is 17.7. The summed E-state index contributed by atoms with van der Waals surface area (Å²) < 4.78 is 36.1. The highest BCUT2D eigenvalue weighted by Crippen LogP contribution is 2.24. The number of aromatic amines is 1. The van der Waals surface area contributed by atoms with Gasteiger partial charge in [-0.25, -0.2) is 4.79 Å². The molecule has 2 amide bonds. The topological polar surface area (TPSA) is 147 Å². The lowest BCUT2D eigenvalue weighted by molar-refractivity contribution is -0.150. The van der Waals surface area contributed by atoms with E-state index < -0.39 is 36.8 Å². The fourth-order valence-electron chi connectivity index (χ4n) is 3.20. The van der Waals surface area contributed by atoms with Crippen LogP contribution in [0.15, 0.2) is 57.8 Å². The van der Waals surface area contributed by atoms with Crippen LogP contribution in [-0.4, -0.2) is 59.5 Å². The summed E-state index contributed by atoms with van der Waals surface area (Å²) in [6.45, 7) is 0.244. The lowest BCUT2D eigenvalue weighted by Crippen LogP contribution is -2.55. The number of anilines is 2. The minimum absolute atomic E-state index is 0.0683. The van der Waals surface area contributed by atoms with Crippen LogP contribution in [0.2, 0.25) is 0 Å². The quantitative estimate of drug-likeness (QED) is 0.506. The molecule has 11 nitrogen and oxygen atoms in total. The van der Waals surface area contributed by atoms with Gasteiger partial charge in [0.2, 0.25) is 0 Å². The van der Waals surface area contributed by atoms with E-state index in [1.54, 1.807) is 12.1 Å². The summed E-state index contributed by atoms with van der Waals surface area (Å²) in [4.78, 5) is 40.3. The molecular weight excluding hydrogens is 420 g/mol. The summed E-state index contributed by atoms with van der Waals surface area (Å²) in [5.41, 5.74) is 1.29. The molecule has 4 rings (SSSR count). The SMILES string of the molecule is [2H]C([2H])([2H])Oc1ccc(N2CCO[C@H]([C@@H](O)C(=O)Nc3ccc(-c4noc(=O)[nH]4)cc3)C2=O)cc1. The summed E-state index contributed by atoms with van der Waals surface area (Å²) in [7, 11) is -2.60. The van der Waals surface area contributed by atoms with Gasteiger partial charge in [-0.1, -0.05) is 5.16 Å². The first-order valence-electron chi connectivity index (χ1n) is 11.0. The average Bonchev–Trinajstić information content (AvgIpc) is 3.25. The zero-order chi connectivity index (χ0) is 25.2. The third-order valence-electron chi connectivity index (χ3n) is 4.81. The van der Waals surface area contributed by atoms with E-state index in [0.717, 1.165) is 0 Å². The number of aliphatic hydroxyl groups excluding tert-OH is 1. The molecule has 1 saturated heterocycles.